The van der Waals surface area contributed by atoms with Gasteiger partial charge in [0.25, 0.3) is 0 Å². The van der Waals surface area contributed by atoms with Gasteiger partial charge in [-0.25, -0.2) is 0 Å². The summed E-state index contributed by atoms with van der Waals surface area (Å²) in [6.45, 7) is 13.6. The molecule has 0 radical (unpaired) electrons. The van der Waals surface area contributed by atoms with E-state index in [4.69, 9.17) is 35.4 Å². The molecule has 0 heterocycles. The summed E-state index contributed by atoms with van der Waals surface area (Å²) >= 11 is 0. The van der Waals surface area contributed by atoms with E-state index >= 15 is 0 Å². The first-order valence-corrected chi connectivity index (χ1v) is 11.7. The predicted molar refractivity (Wildman–Crippen MR) is 92.6 cm³/mol. The second-order valence-corrected chi connectivity index (χ2v) is 8.31. The Morgan fingerprint density at radius 2 is 0.667 bits per heavy atom. The molecule has 0 aromatic carbocycles. The highest BCUT2D eigenvalue weighted by atomic mass is 28.4. The average molecular weight is 385 g/mol. The second kappa shape index (κ2) is 13.8. The van der Waals surface area contributed by atoms with E-state index in [1.54, 1.807) is 0 Å². The lowest BCUT2D eigenvalue weighted by molar-refractivity contribution is -0.0138. The quantitative estimate of drug-likeness (QED) is 0.297. The molecule has 144 valence electrons. The van der Waals surface area contributed by atoms with Gasteiger partial charge in [-0.05, 0) is 41.5 Å². The molecular formula is C14H32O8Si2. The highest BCUT2D eigenvalue weighted by molar-refractivity contribution is 6.54. The zero-order chi connectivity index (χ0) is 18.3. The number of hydrogen-bond acceptors (Lipinski definition) is 8. The van der Waals surface area contributed by atoms with Crippen molar-refractivity contribution in [3.8, 4) is 0 Å². The smallest absolute Gasteiger partial charge is 0.484 e. The SMILES string of the molecule is CCO[Si](O/C=C/O[Si](OCC)(OCC)OCC)(OCC)OCC. The molecular weight excluding hydrogens is 352 g/mol. The van der Waals surface area contributed by atoms with Gasteiger partial charge in [-0.1, -0.05) is 0 Å². The van der Waals surface area contributed by atoms with Crippen molar-refractivity contribution in [2.45, 2.75) is 41.5 Å². The molecule has 0 aromatic rings. The maximum Gasteiger partial charge on any atom is 0.749 e. The zero-order valence-electron chi connectivity index (χ0n) is 15.7. The molecule has 0 saturated carbocycles. The van der Waals surface area contributed by atoms with Crippen molar-refractivity contribution >= 4 is 18.1 Å². The molecule has 0 fully saturated rings. The van der Waals surface area contributed by atoms with Crippen molar-refractivity contribution < 1.29 is 35.4 Å². The third kappa shape index (κ3) is 8.58. The highest BCUT2D eigenvalue weighted by Gasteiger charge is 2.48. The maximum absolute atomic E-state index is 5.60. The van der Waals surface area contributed by atoms with Gasteiger partial charge in [-0.15, -0.1) is 0 Å². The number of rotatable bonds is 16. The Bertz CT molecular complexity index is 266. The zero-order valence-corrected chi connectivity index (χ0v) is 17.7. The molecule has 0 N–H and O–H groups in total. The van der Waals surface area contributed by atoms with E-state index < -0.39 is 18.1 Å². The van der Waals surface area contributed by atoms with Crippen LogP contribution in [-0.4, -0.2) is 57.7 Å². The van der Waals surface area contributed by atoms with Gasteiger partial charge in [0.1, 0.15) is 12.5 Å². The summed E-state index contributed by atoms with van der Waals surface area (Å²) in [5.74, 6) is 0. The van der Waals surface area contributed by atoms with Gasteiger partial charge in [0.05, 0.1) is 0 Å². The molecule has 0 aliphatic rings. The Morgan fingerprint density at radius 3 is 0.833 bits per heavy atom. The Balaban J connectivity index is 4.91. The molecule has 0 rings (SSSR count). The molecule has 0 atom stereocenters. The standard InChI is InChI=1S/C14H32O8Si2/c1-7-15-23(16-8-2,17-9-3)21-13-14-22-24(18-10-4,19-11-5)20-12-6/h13-14H,7-12H2,1-6H3/b14-13+. The topological polar surface area (TPSA) is 73.8 Å². The summed E-state index contributed by atoms with van der Waals surface area (Å²) in [6, 6.07) is 0. The lowest BCUT2D eigenvalue weighted by Crippen LogP contribution is -2.49. The van der Waals surface area contributed by atoms with E-state index in [0.717, 1.165) is 0 Å². The van der Waals surface area contributed by atoms with Gasteiger partial charge in [0.2, 0.25) is 0 Å². The molecule has 10 heteroatoms. The first-order chi connectivity index (χ1) is 11.6. The summed E-state index contributed by atoms with van der Waals surface area (Å²) in [4.78, 5) is 0. The molecule has 0 unspecified atom stereocenters. The van der Waals surface area contributed by atoms with Gasteiger partial charge in [0.15, 0.2) is 0 Å². The molecule has 0 amide bonds. The van der Waals surface area contributed by atoms with Crippen LogP contribution in [0.3, 0.4) is 0 Å². The van der Waals surface area contributed by atoms with Crippen LogP contribution in [0.15, 0.2) is 12.5 Å². The van der Waals surface area contributed by atoms with Gasteiger partial charge in [-0.3, -0.25) is 0 Å². The van der Waals surface area contributed by atoms with Gasteiger partial charge >= 0.3 is 18.1 Å². The van der Waals surface area contributed by atoms with Crippen LogP contribution >= 0.6 is 0 Å². The van der Waals surface area contributed by atoms with Crippen LogP contribution in [0.2, 0.25) is 0 Å². The monoisotopic (exact) mass is 384 g/mol. The molecule has 0 aliphatic carbocycles. The summed E-state index contributed by atoms with van der Waals surface area (Å²) in [5, 5.41) is 0. The highest BCUT2D eigenvalue weighted by Crippen LogP contribution is 2.15. The molecule has 0 spiro atoms. The van der Waals surface area contributed by atoms with Crippen LogP contribution in [0.5, 0.6) is 0 Å². The minimum Gasteiger partial charge on any atom is -0.484 e. The average Bonchev–Trinajstić information content (AvgIpc) is 2.53. The maximum atomic E-state index is 5.60. The van der Waals surface area contributed by atoms with Crippen molar-refractivity contribution in [3.63, 3.8) is 0 Å². The lowest BCUT2D eigenvalue weighted by atomic mass is 10.9. The fourth-order valence-corrected chi connectivity index (χ4v) is 5.21. The van der Waals surface area contributed by atoms with E-state index in [0.29, 0.717) is 39.6 Å². The Kier molecular flexibility index (Phi) is 13.5. The second-order valence-electron chi connectivity index (χ2n) is 4.11. The minimum absolute atomic E-state index is 0.413. The third-order valence-corrected chi connectivity index (χ3v) is 7.11. The Hall–Kier alpha value is -0.466. The lowest BCUT2D eigenvalue weighted by Gasteiger charge is -2.26. The minimum atomic E-state index is -3.22. The Labute approximate surface area is 147 Å². The van der Waals surface area contributed by atoms with Crippen LogP contribution in [0.25, 0.3) is 0 Å². The van der Waals surface area contributed by atoms with E-state index in [9.17, 15) is 0 Å². The molecule has 0 bridgehead atoms. The van der Waals surface area contributed by atoms with Crippen molar-refractivity contribution in [1.82, 2.24) is 0 Å². The van der Waals surface area contributed by atoms with Gasteiger partial charge in [-0.2, -0.15) is 0 Å². The largest absolute Gasteiger partial charge is 0.749 e. The summed E-state index contributed by atoms with van der Waals surface area (Å²) < 4.78 is 44.6. The normalized spacial score (nSPS) is 12.8. The first-order valence-electron chi connectivity index (χ1n) is 8.41. The molecule has 0 saturated heterocycles. The summed E-state index contributed by atoms with van der Waals surface area (Å²) in [5.41, 5.74) is 0. The van der Waals surface area contributed by atoms with Crippen LogP contribution in [0.1, 0.15) is 41.5 Å². The number of hydrogen-bond donors (Lipinski definition) is 0. The summed E-state index contributed by atoms with van der Waals surface area (Å²) in [7, 11) is -6.44. The van der Waals surface area contributed by atoms with E-state index in [1.165, 1.54) is 12.5 Å². The van der Waals surface area contributed by atoms with Crippen molar-refractivity contribution in [2.75, 3.05) is 39.6 Å². The fourth-order valence-electron chi connectivity index (χ4n) is 1.74. The molecule has 0 aromatic heterocycles. The predicted octanol–water partition coefficient (Wildman–Crippen LogP) is 2.58. The van der Waals surface area contributed by atoms with Crippen molar-refractivity contribution in [2.24, 2.45) is 0 Å². The van der Waals surface area contributed by atoms with Crippen LogP contribution < -0.4 is 0 Å². The summed E-state index contributed by atoms with van der Waals surface area (Å²) in [6.07, 6.45) is 2.65. The fraction of sp³-hybridized carbons (Fsp3) is 0.857. The van der Waals surface area contributed by atoms with E-state index in [1.807, 2.05) is 41.5 Å². The van der Waals surface area contributed by atoms with Crippen molar-refractivity contribution in [1.29, 1.82) is 0 Å². The van der Waals surface area contributed by atoms with Gasteiger partial charge in [0, 0.05) is 39.6 Å². The first kappa shape index (κ1) is 23.5. The van der Waals surface area contributed by atoms with Crippen molar-refractivity contribution in [3.05, 3.63) is 12.5 Å². The Morgan fingerprint density at radius 1 is 0.458 bits per heavy atom. The molecule has 8 nitrogen and oxygen atoms in total. The van der Waals surface area contributed by atoms with Crippen LogP contribution in [0.4, 0.5) is 0 Å². The van der Waals surface area contributed by atoms with Gasteiger partial charge < -0.3 is 35.4 Å². The van der Waals surface area contributed by atoms with Crippen LogP contribution in [-0.2, 0) is 35.4 Å². The van der Waals surface area contributed by atoms with Crippen LogP contribution in [0, 0.1) is 0 Å². The molecule has 0 aliphatic heterocycles. The van der Waals surface area contributed by atoms with E-state index in [2.05, 4.69) is 0 Å². The van der Waals surface area contributed by atoms with E-state index in [-0.39, 0.29) is 0 Å². The third-order valence-electron chi connectivity index (χ3n) is 2.41. The molecule has 24 heavy (non-hydrogen) atoms.